The number of nitrogens with zero attached hydrogens (tertiary/aromatic N) is 3. The lowest BCUT2D eigenvalue weighted by atomic mass is 9.55. The Bertz CT molecular complexity index is 1740. The monoisotopic (exact) mass is 579 g/mol. The molecule has 6 rings (SSSR count). The number of methoxy groups -OCH3 is 1. The van der Waals surface area contributed by atoms with Gasteiger partial charge in [0.2, 0.25) is 5.89 Å². The third-order valence-electron chi connectivity index (χ3n) is 8.85. The van der Waals surface area contributed by atoms with E-state index in [0.29, 0.717) is 32.3 Å². The molecule has 216 valence electrons. The van der Waals surface area contributed by atoms with Gasteiger partial charge in [-0.15, -0.1) is 11.3 Å². The molecule has 1 atom stereocenters. The van der Waals surface area contributed by atoms with Gasteiger partial charge < -0.3 is 19.0 Å². The first kappa shape index (κ1) is 27.5. The molecule has 2 aliphatic carbocycles. The van der Waals surface area contributed by atoms with Gasteiger partial charge in [-0.2, -0.15) is 0 Å². The Morgan fingerprint density at radius 2 is 2.00 bits per heavy atom. The summed E-state index contributed by atoms with van der Waals surface area (Å²) in [6, 6.07) is 7.53. The third-order valence-corrected chi connectivity index (χ3v) is 10.2. The number of carboxylic acids is 1. The number of aromatic nitrogens is 3. The number of aliphatic carboxylic acids is 1. The van der Waals surface area contributed by atoms with Gasteiger partial charge in [-0.3, -0.25) is 9.36 Å². The SMILES string of the molecule is COc1ccccc1C(Cn1c(=O)n(C(C)(C)C(=O)O)c(=O)c2c(C)c(-c3ncco3)sc21)OC1CC2(CCC2)C1. The van der Waals surface area contributed by atoms with Gasteiger partial charge in [0.15, 0.2) is 0 Å². The quantitative estimate of drug-likeness (QED) is 0.290. The zero-order valence-corrected chi connectivity index (χ0v) is 24.3. The number of benzene rings is 1. The standard InChI is InChI=1S/C30H33N3O7S/c1-17-22-25(34)33(29(2,3)27(35)36)28(37)32(26(22)41-23(17)24-31-12-13-39-24)16-21(19-8-5-6-9-20(19)38-4)40-18-14-30(15-18)10-7-11-30/h5-6,8-9,12-13,18,21H,7,10-11,14-16H2,1-4H3,(H,35,36). The van der Waals surface area contributed by atoms with Crippen LogP contribution < -0.4 is 16.0 Å². The molecule has 2 saturated carbocycles. The van der Waals surface area contributed by atoms with Crippen molar-refractivity contribution in [1.82, 2.24) is 14.1 Å². The Kier molecular flexibility index (Phi) is 6.69. The van der Waals surface area contributed by atoms with Crippen molar-refractivity contribution in [3.05, 3.63) is 68.7 Å². The maximum Gasteiger partial charge on any atom is 0.333 e. The molecular formula is C30H33N3O7S. The molecular weight excluding hydrogens is 546 g/mol. The molecule has 2 fully saturated rings. The molecule has 41 heavy (non-hydrogen) atoms. The Morgan fingerprint density at radius 1 is 1.27 bits per heavy atom. The van der Waals surface area contributed by atoms with Crippen molar-refractivity contribution < 1.29 is 23.8 Å². The zero-order valence-electron chi connectivity index (χ0n) is 23.5. The van der Waals surface area contributed by atoms with Crippen LogP contribution >= 0.6 is 11.3 Å². The summed E-state index contributed by atoms with van der Waals surface area (Å²) in [4.78, 5) is 45.6. The number of ether oxygens (including phenoxy) is 2. The van der Waals surface area contributed by atoms with Crippen molar-refractivity contribution in [2.45, 2.75) is 77.2 Å². The molecule has 0 saturated heterocycles. The number of oxazole rings is 1. The molecule has 10 nitrogen and oxygen atoms in total. The Labute approximate surface area is 240 Å². The summed E-state index contributed by atoms with van der Waals surface area (Å²) in [5, 5.41) is 10.3. The second-order valence-corrected chi connectivity index (χ2v) is 12.7. The van der Waals surface area contributed by atoms with Crippen LogP contribution in [0.5, 0.6) is 5.75 Å². The molecule has 11 heteroatoms. The van der Waals surface area contributed by atoms with Crippen LogP contribution in [0.1, 0.15) is 63.2 Å². The number of rotatable bonds is 9. The molecule has 2 aliphatic rings. The molecule has 1 unspecified atom stereocenters. The molecule has 3 heterocycles. The first-order valence-corrected chi connectivity index (χ1v) is 14.6. The highest BCUT2D eigenvalue weighted by Gasteiger charge is 2.49. The average molecular weight is 580 g/mol. The van der Waals surface area contributed by atoms with Gasteiger partial charge >= 0.3 is 11.7 Å². The normalized spacial score (nSPS) is 17.4. The minimum Gasteiger partial charge on any atom is -0.496 e. The molecule has 1 aromatic carbocycles. The first-order valence-electron chi connectivity index (χ1n) is 13.8. The largest absolute Gasteiger partial charge is 0.496 e. The van der Waals surface area contributed by atoms with Crippen LogP contribution in [0.4, 0.5) is 0 Å². The van der Waals surface area contributed by atoms with Crippen LogP contribution in [-0.2, 0) is 21.6 Å². The summed E-state index contributed by atoms with van der Waals surface area (Å²) in [6.07, 6.45) is 8.04. The summed E-state index contributed by atoms with van der Waals surface area (Å²) < 4.78 is 20.2. The van der Waals surface area contributed by atoms with Gasteiger partial charge in [0, 0.05) is 5.56 Å². The molecule has 4 aromatic rings. The lowest BCUT2D eigenvalue weighted by Gasteiger charge is -2.54. The lowest BCUT2D eigenvalue weighted by Crippen LogP contribution is -2.53. The number of carboxylic acid groups (broad SMARTS) is 1. The predicted octanol–water partition coefficient (Wildman–Crippen LogP) is 5.11. The highest BCUT2D eigenvalue weighted by atomic mass is 32.1. The number of hydrogen-bond donors (Lipinski definition) is 1. The number of carbonyl (C=O) groups is 1. The highest BCUT2D eigenvalue weighted by Crippen LogP contribution is 2.57. The van der Waals surface area contributed by atoms with E-state index in [4.69, 9.17) is 13.9 Å². The molecule has 1 spiro atoms. The summed E-state index contributed by atoms with van der Waals surface area (Å²) in [5.74, 6) is -0.341. The lowest BCUT2D eigenvalue weighted by molar-refractivity contribution is -0.147. The Hall–Kier alpha value is -3.70. The van der Waals surface area contributed by atoms with E-state index in [1.165, 1.54) is 61.5 Å². The van der Waals surface area contributed by atoms with Crippen molar-refractivity contribution >= 4 is 27.5 Å². The third kappa shape index (κ3) is 4.42. The van der Waals surface area contributed by atoms with E-state index < -0.39 is 28.9 Å². The van der Waals surface area contributed by atoms with Crippen molar-refractivity contribution in [1.29, 1.82) is 0 Å². The van der Waals surface area contributed by atoms with Gasteiger partial charge in [0.05, 0.1) is 36.2 Å². The van der Waals surface area contributed by atoms with E-state index in [0.717, 1.165) is 23.0 Å². The number of fused-ring (bicyclic) bond motifs is 1. The van der Waals surface area contributed by atoms with Crippen molar-refractivity contribution in [3.8, 4) is 16.5 Å². The van der Waals surface area contributed by atoms with Crippen molar-refractivity contribution in [2.24, 2.45) is 5.41 Å². The Morgan fingerprint density at radius 3 is 2.61 bits per heavy atom. The summed E-state index contributed by atoms with van der Waals surface area (Å²) >= 11 is 1.22. The van der Waals surface area contributed by atoms with Crippen LogP contribution in [0.25, 0.3) is 21.0 Å². The fourth-order valence-electron chi connectivity index (χ4n) is 6.27. The Balaban J connectivity index is 1.54. The minimum absolute atomic E-state index is 0.0331. The highest BCUT2D eigenvalue weighted by molar-refractivity contribution is 7.22. The van der Waals surface area contributed by atoms with Gasteiger partial charge in [-0.25, -0.2) is 19.1 Å². The van der Waals surface area contributed by atoms with Gasteiger partial charge in [0.25, 0.3) is 5.56 Å². The van der Waals surface area contributed by atoms with Crippen LogP contribution in [0.15, 0.2) is 50.7 Å². The van der Waals surface area contributed by atoms with Gasteiger partial charge in [0.1, 0.15) is 28.5 Å². The molecule has 0 aliphatic heterocycles. The summed E-state index contributed by atoms with van der Waals surface area (Å²) in [7, 11) is 1.59. The van der Waals surface area contributed by atoms with Crippen LogP contribution in [0.2, 0.25) is 0 Å². The molecule has 0 amide bonds. The first-order chi connectivity index (χ1) is 19.6. The van der Waals surface area contributed by atoms with E-state index in [1.807, 2.05) is 24.3 Å². The molecule has 0 bridgehead atoms. The predicted molar refractivity (Wildman–Crippen MR) is 154 cm³/mol. The fraction of sp³-hybridized carbons (Fsp3) is 0.467. The summed E-state index contributed by atoms with van der Waals surface area (Å²) in [6.45, 7) is 4.52. The van der Waals surface area contributed by atoms with Gasteiger partial charge in [-0.05, 0) is 63.5 Å². The maximum absolute atomic E-state index is 14.2. The van der Waals surface area contributed by atoms with E-state index in [9.17, 15) is 19.5 Å². The topological polar surface area (TPSA) is 126 Å². The minimum atomic E-state index is -1.80. The second kappa shape index (κ2) is 9.99. The molecule has 0 radical (unpaired) electrons. The van der Waals surface area contributed by atoms with Crippen LogP contribution in [0, 0.1) is 12.3 Å². The maximum atomic E-state index is 14.2. The molecule has 3 aromatic heterocycles. The number of aryl methyl sites for hydroxylation is 1. The smallest absolute Gasteiger partial charge is 0.333 e. The number of thiophene rings is 1. The fourth-order valence-corrected chi connectivity index (χ4v) is 7.51. The van der Waals surface area contributed by atoms with Crippen LogP contribution in [0.3, 0.4) is 0 Å². The second-order valence-electron chi connectivity index (χ2n) is 11.7. The van der Waals surface area contributed by atoms with Crippen molar-refractivity contribution in [3.63, 3.8) is 0 Å². The number of hydrogen-bond acceptors (Lipinski definition) is 8. The molecule has 1 N–H and O–H groups in total. The number of para-hydroxylation sites is 1. The van der Waals surface area contributed by atoms with Crippen LogP contribution in [-0.4, -0.2) is 38.4 Å². The van der Waals surface area contributed by atoms with E-state index in [2.05, 4.69) is 4.98 Å². The zero-order chi connectivity index (χ0) is 29.1. The van der Waals surface area contributed by atoms with E-state index in [-0.39, 0.29) is 18.0 Å². The average Bonchev–Trinajstić information content (AvgIpc) is 3.54. The van der Waals surface area contributed by atoms with Crippen molar-refractivity contribution in [2.75, 3.05) is 7.11 Å². The van der Waals surface area contributed by atoms with E-state index >= 15 is 0 Å². The van der Waals surface area contributed by atoms with E-state index in [1.54, 1.807) is 14.0 Å². The summed E-state index contributed by atoms with van der Waals surface area (Å²) in [5.41, 5.74) is -1.45. The van der Waals surface area contributed by atoms with Gasteiger partial charge in [-0.1, -0.05) is 24.6 Å².